The Hall–Kier alpha value is -2.55. The second-order valence-corrected chi connectivity index (χ2v) is 4.66. The van der Waals surface area contributed by atoms with E-state index in [4.69, 9.17) is 0 Å². The normalized spacial score (nSPS) is 9.24. The maximum atomic E-state index is 11.8. The second-order valence-electron chi connectivity index (χ2n) is 4.66. The van der Waals surface area contributed by atoms with Crippen molar-refractivity contribution in [1.29, 1.82) is 0 Å². The molecule has 21 heavy (non-hydrogen) atoms. The van der Waals surface area contributed by atoms with Crippen molar-refractivity contribution in [2.75, 3.05) is 0 Å². The molecule has 3 heteroatoms. The Balaban J connectivity index is 0.000000491. The van der Waals surface area contributed by atoms with E-state index in [9.17, 15) is 14.4 Å². The summed E-state index contributed by atoms with van der Waals surface area (Å²) >= 11 is 0. The third kappa shape index (κ3) is 6.43. The lowest BCUT2D eigenvalue weighted by atomic mass is 10.0. The van der Waals surface area contributed by atoms with E-state index in [1.807, 2.05) is 12.1 Å². The van der Waals surface area contributed by atoms with Gasteiger partial charge in [-0.15, -0.1) is 0 Å². The summed E-state index contributed by atoms with van der Waals surface area (Å²) in [4.78, 5) is 33.1. The van der Waals surface area contributed by atoms with Crippen LogP contribution >= 0.6 is 0 Å². The highest BCUT2D eigenvalue weighted by molar-refractivity contribution is 6.13. The van der Waals surface area contributed by atoms with Gasteiger partial charge in [0.15, 0.2) is 11.6 Å². The molecule has 0 saturated heterocycles. The van der Waals surface area contributed by atoms with E-state index in [1.54, 1.807) is 48.5 Å². The lowest BCUT2D eigenvalue weighted by molar-refractivity contribution is -0.115. The van der Waals surface area contributed by atoms with Crippen LogP contribution in [0.4, 0.5) is 0 Å². The molecule has 2 aromatic rings. The van der Waals surface area contributed by atoms with Gasteiger partial charge in [0.1, 0.15) is 5.78 Å². The molecule has 0 aliphatic carbocycles. The molecule has 0 N–H and O–H groups in total. The third-order valence-electron chi connectivity index (χ3n) is 2.51. The number of benzene rings is 2. The Morgan fingerprint density at radius 3 is 1.24 bits per heavy atom. The molecule has 2 aromatic carbocycles. The van der Waals surface area contributed by atoms with Crippen molar-refractivity contribution in [1.82, 2.24) is 0 Å². The van der Waals surface area contributed by atoms with Gasteiger partial charge in [0.05, 0.1) is 6.42 Å². The Kier molecular flexibility index (Phi) is 6.75. The number of ketones is 3. The molecule has 0 fully saturated rings. The van der Waals surface area contributed by atoms with Crippen molar-refractivity contribution in [3.63, 3.8) is 0 Å². The lowest BCUT2D eigenvalue weighted by Gasteiger charge is -2.00. The average molecular weight is 282 g/mol. The summed E-state index contributed by atoms with van der Waals surface area (Å²) in [6.07, 6.45) is -0.0754. The summed E-state index contributed by atoms with van der Waals surface area (Å²) < 4.78 is 0. The monoisotopic (exact) mass is 282 g/mol. The summed E-state index contributed by atoms with van der Waals surface area (Å²) in [7, 11) is 0. The Bertz CT molecular complexity index is 547. The molecule has 0 aliphatic heterocycles. The van der Waals surface area contributed by atoms with Crippen LogP contribution in [0.2, 0.25) is 0 Å². The van der Waals surface area contributed by atoms with Crippen molar-refractivity contribution in [2.24, 2.45) is 0 Å². The number of hydrogen-bond donors (Lipinski definition) is 0. The van der Waals surface area contributed by atoms with E-state index in [-0.39, 0.29) is 23.8 Å². The molecule has 0 amide bonds. The molecule has 0 aliphatic rings. The van der Waals surface area contributed by atoms with Crippen LogP contribution in [0, 0.1) is 0 Å². The summed E-state index contributed by atoms with van der Waals surface area (Å²) in [5, 5.41) is 0. The SMILES string of the molecule is CC(C)=O.O=C(CC(=O)c1ccccc1)c1ccccc1. The van der Waals surface area contributed by atoms with Crippen LogP contribution in [0.3, 0.4) is 0 Å². The molecular weight excluding hydrogens is 264 g/mol. The Labute approximate surface area is 124 Å². The van der Waals surface area contributed by atoms with Crippen molar-refractivity contribution in [3.8, 4) is 0 Å². The first-order chi connectivity index (χ1) is 10.0. The first-order valence-electron chi connectivity index (χ1n) is 6.64. The third-order valence-corrected chi connectivity index (χ3v) is 2.51. The molecule has 3 nitrogen and oxygen atoms in total. The van der Waals surface area contributed by atoms with Gasteiger partial charge in [0.25, 0.3) is 0 Å². The zero-order valence-electron chi connectivity index (χ0n) is 12.2. The summed E-state index contributed by atoms with van der Waals surface area (Å²) in [5.41, 5.74) is 1.16. The van der Waals surface area contributed by atoms with Crippen LogP contribution in [0.15, 0.2) is 60.7 Å². The molecule has 2 rings (SSSR count). The number of hydrogen-bond acceptors (Lipinski definition) is 3. The second kappa shape index (κ2) is 8.59. The van der Waals surface area contributed by atoms with Crippen LogP contribution in [0.1, 0.15) is 41.0 Å². The van der Waals surface area contributed by atoms with Gasteiger partial charge in [-0.2, -0.15) is 0 Å². The number of carbonyl (C=O) groups is 3. The van der Waals surface area contributed by atoms with E-state index in [0.717, 1.165) is 0 Å². The fraction of sp³-hybridized carbons (Fsp3) is 0.167. The highest BCUT2D eigenvalue weighted by atomic mass is 16.1. The highest BCUT2D eigenvalue weighted by Crippen LogP contribution is 2.08. The zero-order chi connectivity index (χ0) is 15.7. The van der Waals surface area contributed by atoms with Gasteiger partial charge in [-0.1, -0.05) is 60.7 Å². The van der Waals surface area contributed by atoms with Gasteiger partial charge in [0, 0.05) is 11.1 Å². The van der Waals surface area contributed by atoms with Crippen LogP contribution in [0.5, 0.6) is 0 Å². The molecular formula is C18H18O3. The van der Waals surface area contributed by atoms with Crippen LogP contribution in [-0.2, 0) is 4.79 Å². The summed E-state index contributed by atoms with van der Waals surface area (Å²) in [6, 6.07) is 17.7. The molecule has 0 heterocycles. The van der Waals surface area contributed by atoms with Crippen molar-refractivity contribution in [3.05, 3.63) is 71.8 Å². The Morgan fingerprint density at radius 2 is 0.952 bits per heavy atom. The topological polar surface area (TPSA) is 51.2 Å². The highest BCUT2D eigenvalue weighted by Gasteiger charge is 2.12. The fourth-order valence-corrected chi connectivity index (χ4v) is 1.60. The van der Waals surface area contributed by atoms with Crippen LogP contribution in [0.25, 0.3) is 0 Å². The van der Waals surface area contributed by atoms with E-state index in [0.29, 0.717) is 11.1 Å². The van der Waals surface area contributed by atoms with Gasteiger partial charge in [0.2, 0.25) is 0 Å². The van der Waals surface area contributed by atoms with Crippen LogP contribution < -0.4 is 0 Å². The molecule has 0 radical (unpaired) electrons. The molecule has 0 atom stereocenters. The summed E-state index contributed by atoms with van der Waals surface area (Å²) in [6.45, 7) is 3.06. The minimum absolute atomic E-state index is 0.0754. The standard InChI is InChI=1S/C15H12O2.C3H6O/c16-14(12-7-3-1-4-8-12)11-15(17)13-9-5-2-6-10-13;1-3(2)4/h1-10H,11H2;1-2H3. The molecule has 0 spiro atoms. The maximum Gasteiger partial charge on any atom is 0.170 e. The van der Waals surface area contributed by atoms with E-state index < -0.39 is 0 Å². The van der Waals surface area contributed by atoms with Crippen molar-refractivity contribution in [2.45, 2.75) is 20.3 Å². The van der Waals surface area contributed by atoms with E-state index in [1.165, 1.54) is 13.8 Å². The zero-order valence-corrected chi connectivity index (χ0v) is 12.2. The largest absolute Gasteiger partial charge is 0.300 e. The quantitative estimate of drug-likeness (QED) is 0.634. The minimum atomic E-state index is -0.139. The summed E-state index contributed by atoms with van der Waals surface area (Å²) in [5.74, 6) is -0.112. The van der Waals surface area contributed by atoms with Gasteiger partial charge in [-0.05, 0) is 13.8 Å². The van der Waals surface area contributed by atoms with Gasteiger partial charge >= 0.3 is 0 Å². The average Bonchev–Trinajstić information content (AvgIpc) is 2.48. The maximum absolute atomic E-state index is 11.8. The van der Waals surface area contributed by atoms with Gasteiger partial charge in [-0.25, -0.2) is 0 Å². The molecule has 0 aromatic heterocycles. The molecule has 0 unspecified atom stereocenters. The molecule has 108 valence electrons. The number of carbonyl (C=O) groups excluding carboxylic acids is 3. The van der Waals surface area contributed by atoms with Crippen molar-refractivity contribution >= 4 is 17.3 Å². The molecule has 0 saturated carbocycles. The smallest absolute Gasteiger partial charge is 0.170 e. The van der Waals surface area contributed by atoms with E-state index >= 15 is 0 Å². The van der Waals surface area contributed by atoms with E-state index in [2.05, 4.69) is 0 Å². The van der Waals surface area contributed by atoms with Gasteiger partial charge in [-0.3, -0.25) is 9.59 Å². The number of rotatable bonds is 4. The Morgan fingerprint density at radius 1 is 0.667 bits per heavy atom. The fourth-order valence-electron chi connectivity index (χ4n) is 1.60. The molecule has 0 bridgehead atoms. The van der Waals surface area contributed by atoms with Crippen LogP contribution in [-0.4, -0.2) is 17.3 Å². The minimum Gasteiger partial charge on any atom is -0.300 e. The predicted molar refractivity (Wildman–Crippen MR) is 82.5 cm³/mol. The van der Waals surface area contributed by atoms with Gasteiger partial charge < -0.3 is 4.79 Å². The first-order valence-corrected chi connectivity index (χ1v) is 6.64. The lowest BCUT2D eigenvalue weighted by Crippen LogP contribution is -2.08. The predicted octanol–water partition coefficient (Wildman–Crippen LogP) is 3.74. The van der Waals surface area contributed by atoms with Crippen molar-refractivity contribution < 1.29 is 14.4 Å². The first kappa shape index (κ1) is 16.5. The number of Topliss-reactive ketones (excluding diaryl/α,β-unsaturated/α-hetero) is 3.